The van der Waals surface area contributed by atoms with Crippen molar-refractivity contribution in [1.82, 2.24) is 5.43 Å². The first kappa shape index (κ1) is 28.8. The highest BCUT2D eigenvalue weighted by atomic mass is 16.5. The third-order valence-electron chi connectivity index (χ3n) is 5.96. The zero-order valence-corrected chi connectivity index (χ0v) is 23.0. The van der Waals surface area contributed by atoms with Crippen molar-refractivity contribution in [1.29, 1.82) is 0 Å². The van der Waals surface area contributed by atoms with Crippen molar-refractivity contribution in [3.8, 4) is 17.2 Å². The van der Waals surface area contributed by atoms with Crippen LogP contribution < -0.4 is 19.6 Å². The van der Waals surface area contributed by atoms with E-state index >= 15 is 0 Å². The van der Waals surface area contributed by atoms with E-state index in [1.165, 1.54) is 18.3 Å². The maximum absolute atomic E-state index is 12.8. The van der Waals surface area contributed by atoms with E-state index in [-0.39, 0.29) is 24.0 Å². The SMILES string of the molecule is Cc1ccc(C(C)C)c(OCC(=O)NN=Cc2ccc(OC(=O)c3ccccc3)cc2OC(=O)c2ccccc2)c1. The highest BCUT2D eigenvalue weighted by molar-refractivity contribution is 5.94. The zero-order valence-electron chi connectivity index (χ0n) is 23.0. The Hall–Kier alpha value is -5.24. The standard InChI is InChI=1S/C33H30N2O6/c1-22(2)28-17-14-23(3)18-30(28)39-21-31(36)35-34-20-26-15-16-27(40-32(37)24-10-6-4-7-11-24)19-29(26)41-33(38)25-12-8-5-9-13-25/h4-20,22H,21H2,1-3H3,(H,35,36). The van der Waals surface area contributed by atoms with Crippen molar-refractivity contribution in [2.75, 3.05) is 6.61 Å². The summed E-state index contributed by atoms with van der Waals surface area (Å²) in [5.74, 6) is -0.490. The first-order valence-electron chi connectivity index (χ1n) is 13.0. The maximum atomic E-state index is 12.8. The molecule has 1 N–H and O–H groups in total. The second-order valence-corrected chi connectivity index (χ2v) is 9.49. The Morgan fingerprint density at radius 1 is 0.780 bits per heavy atom. The quantitative estimate of drug-likeness (QED) is 0.111. The number of aryl methyl sites for hydroxylation is 1. The molecule has 4 aromatic rings. The molecular weight excluding hydrogens is 520 g/mol. The van der Waals surface area contributed by atoms with E-state index in [1.807, 2.05) is 25.1 Å². The lowest BCUT2D eigenvalue weighted by Gasteiger charge is -2.14. The fourth-order valence-electron chi connectivity index (χ4n) is 3.84. The lowest BCUT2D eigenvalue weighted by Crippen LogP contribution is -2.25. The van der Waals surface area contributed by atoms with Gasteiger partial charge in [-0.3, -0.25) is 4.79 Å². The van der Waals surface area contributed by atoms with E-state index in [1.54, 1.807) is 66.7 Å². The molecule has 8 nitrogen and oxygen atoms in total. The lowest BCUT2D eigenvalue weighted by atomic mass is 10.0. The van der Waals surface area contributed by atoms with Gasteiger partial charge in [-0.2, -0.15) is 5.10 Å². The highest BCUT2D eigenvalue weighted by Crippen LogP contribution is 2.28. The van der Waals surface area contributed by atoms with Crippen LogP contribution in [0.1, 0.15) is 57.2 Å². The number of carbonyl (C=O) groups excluding carboxylic acids is 3. The van der Waals surface area contributed by atoms with E-state index in [9.17, 15) is 14.4 Å². The first-order valence-corrected chi connectivity index (χ1v) is 13.0. The van der Waals surface area contributed by atoms with Gasteiger partial charge in [0, 0.05) is 11.6 Å². The molecule has 4 rings (SSSR count). The zero-order chi connectivity index (χ0) is 29.2. The van der Waals surface area contributed by atoms with Gasteiger partial charge in [0.05, 0.1) is 17.3 Å². The number of rotatable bonds is 10. The molecule has 0 saturated heterocycles. The van der Waals surface area contributed by atoms with Gasteiger partial charge in [0.15, 0.2) is 6.61 Å². The summed E-state index contributed by atoms with van der Waals surface area (Å²) < 4.78 is 16.8. The van der Waals surface area contributed by atoms with E-state index in [4.69, 9.17) is 14.2 Å². The molecule has 0 unspecified atom stereocenters. The van der Waals surface area contributed by atoms with Gasteiger partial charge >= 0.3 is 11.9 Å². The van der Waals surface area contributed by atoms with Crippen LogP contribution in [0.3, 0.4) is 0 Å². The minimum Gasteiger partial charge on any atom is -0.483 e. The van der Waals surface area contributed by atoms with Crippen LogP contribution in [-0.4, -0.2) is 30.7 Å². The Bertz CT molecular complexity index is 1550. The van der Waals surface area contributed by atoms with Crippen LogP contribution in [0, 0.1) is 6.92 Å². The van der Waals surface area contributed by atoms with Gasteiger partial charge in [0.2, 0.25) is 0 Å². The smallest absolute Gasteiger partial charge is 0.343 e. The number of nitrogens with one attached hydrogen (secondary N) is 1. The molecule has 0 spiro atoms. The molecule has 1 amide bonds. The average molecular weight is 551 g/mol. The van der Waals surface area contributed by atoms with E-state index in [0.29, 0.717) is 22.4 Å². The molecule has 0 saturated carbocycles. The predicted octanol–water partition coefficient (Wildman–Crippen LogP) is 6.09. The van der Waals surface area contributed by atoms with Gasteiger partial charge in [0.1, 0.15) is 17.2 Å². The largest absolute Gasteiger partial charge is 0.483 e. The van der Waals surface area contributed by atoms with E-state index in [2.05, 4.69) is 24.4 Å². The molecule has 0 fully saturated rings. The molecule has 8 heteroatoms. The van der Waals surface area contributed by atoms with Crippen molar-refractivity contribution in [2.45, 2.75) is 26.7 Å². The molecule has 208 valence electrons. The number of hydrazone groups is 1. The molecule has 0 atom stereocenters. The second-order valence-electron chi connectivity index (χ2n) is 9.49. The van der Waals surface area contributed by atoms with Crippen LogP contribution in [0.2, 0.25) is 0 Å². The summed E-state index contributed by atoms with van der Waals surface area (Å²) in [6.07, 6.45) is 1.33. The number of benzene rings is 4. The van der Waals surface area contributed by atoms with Crippen LogP contribution >= 0.6 is 0 Å². The van der Waals surface area contributed by atoms with Gasteiger partial charge < -0.3 is 14.2 Å². The van der Waals surface area contributed by atoms with Crippen molar-refractivity contribution in [2.24, 2.45) is 5.10 Å². The number of esters is 2. The summed E-state index contributed by atoms with van der Waals surface area (Å²) in [5.41, 5.74) is 5.54. The molecule has 0 aromatic heterocycles. The number of hydrogen-bond acceptors (Lipinski definition) is 7. The Balaban J connectivity index is 1.47. The van der Waals surface area contributed by atoms with Gasteiger partial charge in [-0.25, -0.2) is 15.0 Å². The number of carbonyl (C=O) groups is 3. The summed E-state index contributed by atoms with van der Waals surface area (Å²) in [7, 11) is 0. The van der Waals surface area contributed by atoms with Crippen molar-refractivity contribution < 1.29 is 28.6 Å². The molecule has 4 aromatic carbocycles. The van der Waals surface area contributed by atoms with Crippen molar-refractivity contribution in [3.05, 3.63) is 125 Å². The molecule has 0 aliphatic carbocycles. The minimum absolute atomic E-state index is 0.0906. The minimum atomic E-state index is -0.608. The molecule has 0 heterocycles. The predicted molar refractivity (Wildman–Crippen MR) is 156 cm³/mol. The summed E-state index contributed by atoms with van der Waals surface area (Å²) in [6, 6.07) is 27.4. The second kappa shape index (κ2) is 13.7. The number of amides is 1. The highest BCUT2D eigenvalue weighted by Gasteiger charge is 2.15. The average Bonchev–Trinajstić information content (AvgIpc) is 2.98. The number of nitrogens with zero attached hydrogens (tertiary/aromatic N) is 1. The first-order chi connectivity index (χ1) is 19.8. The van der Waals surface area contributed by atoms with Crippen LogP contribution in [0.5, 0.6) is 17.2 Å². The molecule has 0 aliphatic rings. The third-order valence-corrected chi connectivity index (χ3v) is 5.96. The van der Waals surface area contributed by atoms with Crippen LogP contribution in [0.25, 0.3) is 0 Å². The third kappa shape index (κ3) is 8.12. The normalized spacial score (nSPS) is 10.8. The van der Waals surface area contributed by atoms with Crippen molar-refractivity contribution in [3.63, 3.8) is 0 Å². The number of hydrogen-bond donors (Lipinski definition) is 1. The van der Waals surface area contributed by atoms with Gasteiger partial charge in [-0.05, 0) is 66.4 Å². The van der Waals surface area contributed by atoms with E-state index in [0.717, 1.165) is 11.1 Å². The maximum Gasteiger partial charge on any atom is 0.343 e. The monoisotopic (exact) mass is 550 g/mol. The molecule has 41 heavy (non-hydrogen) atoms. The summed E-state index contributed by atoms with van der Waals surface area (Å²) in [6.45, 7) is 5.83. The molecule has 0 radical (unpaired) electrons. The van der Waals surface area contributed by atoms with Gasteiger partial charge in [-0.15, -0.1) is 0 Å². The van der Waals surface area contributed by atoms with Gasteiger partial charge in [0.25, 0.3) is 5.91 Å². The lowest BCUT2D eigenvalue weighted by molar-refractivity contribution is -0.123. The van der Waals surface area contributed by atoms with Crippen molar-refractivity contribution >= 4 is 24.1 Å². The number of ether oxygens (including phenoxy) is 3. The molecule has 0 aliphatic heterocycles. The molecular formula is C33H30N2O6. The van der Waals surface area contributed by atoms with Gasteiger partial charge in [-0.1, -0.05) is 62.4 Å². The molecule has 0 bridgehead atoms. The Kier molecular flexibility index (Phi) is 9.62. The summed E-state index contributed by atoms with van der Waals surface area (Å²) >= 11 is 0. The van der Waals surface area contributed by atoms with Crippen LogP contribution in [-0.2, 0) is 4.79 Å². The fourth-order valence-corrected chi connectivity index (χ4v) is 3.84. The van der Waals surface area contributed by atoms with E-state index < -0.39 is 17.8 Å². The topological polar surface area (TPSA) is 103 Å². The van der Waals surface area contributed by atoms with Crippen LogP contribution in [0.15, 0.2) is 102 Å². The Morgan fingerprint density at radius 2 is 1.41 bits per heavy atom. The summed E-state index contributed by atoms with van der Waals surface area (Å²) in [4.78, 5) is 37.7. The fraction of sp³-hybridized carbons (Fsp3) is 0.152. The Morgan fingerprint density at radius 3 is 2.05 bits per heavy atom. The summed E-state index contributed by atoms with van der Waals surface area (Å²) in [5, 5.41) is 4.00. The van der Waals surface area contributed by atoms with Crippen LogP contribution in [0.4, 0.5) is 0 Å². The Labute approximate surface area is 238 Å².